The number of carboxylic acid groups (broad SMARTS) is 1. The third-order valence-electron chi connectivity index (χ3n) is 4.73. The van der Waals surface area contributed by atoms with Crippen LogP contribution in [0.1, 0.15) is 61.8 Å². The predicted molar refractivity (Wildman–Crippen MR) is 82.7 cm³/mol. The molecule has 1 fully saturated rings. The Morgan fingerprint density at radius 1 is 1.48 bits per heavy atom. The van der Waals surface area contributed by atoms with Gasteiger partial charge in [-0.1, -0.05) is 19.4 Å². The Labute approximate surface area is 124 Å². The van der Waals surface area contributed by atoms with Crippen LogP contribution in [0.15, 0.2) is 18.2 Å². The van der Waals surface area contributed by atoms with Gasteiger partial charge in [-0.2, -0.15) is 0 Å². The summed E-state index contributed by atoms with van der Waals surface area (Å²) in [5.74, 6) is 0.811. The molecule has 3 rings (SSSR count). The van der Waals surface area contributed by atoms with E-state index in [9.17, 15) is 9.90 Å². The molecule has 1 saturated carbocycles. The van der Waals surface area contributed by atoms with E-state index in [0.717, 1.165) is 29.7 Å². The van der Waals surface area contributed by atoms with E-state index in [2.05, 4.69) is 18.4 Å². The number of aryl methyl sites for hydroxylation is 1. The fourth-order valence-electron chi connectivity index (χ4n) is 3.34. The predicted octanol–water partition coefficient (Wildman–Crippen LogP) is 4.05. The van der Waals surface area contributed by atoms with Gasteiger partial charge in [0.2, 0.25) is 0 Å². The summed E-state index contributed by atoms with van der Waals surface area (Å²) in [6, 6.07) is 5.72. The van der Waals surface area contributed by atoms with Gasteiger partial charge in [0.25, 0.3) is 0 Å². The molecule has 112 valence electrons. The molecule has 0 aliphatic heterocycles. The van der Waals surface area contributed by atoms with Crippen LogP contribution < -0.4 is 0 Å². The van der Waals surface area contributed by atoms with Crippen LogP contribution in [-0.2, 0) is 6.42 Å². The second-order valence-electron chi connectivity index (χ2n) is 6.06. The number of hydrogen-bond acceptors (Lipinski definition) is 2. The summed E-state index contributed by atoms with van der Waals surface area (Å²) in [5, 5.41) is 9.50. The van der Waals surface area contributed by atoms with Crippen molar-refractivity contribution in [3.05, 3.63) is 29.6 Å². The van der Waals surface area contributed by atoms with Gasteiger partial charge in [0.1, 0.15) is 5.82 Å². The van der Waals surface area contributed by atoms with Crippen molar-refractivity contribution in [1.82, 2.24) is 9.55 Å². The zero-order valence-corrected chi connectivity index (χ0v) is 12.7. The number of rotatable bonds is 5. The normalized spacial score (nSPS) is 16.9. The standard InChI is InChI=1S/C17H22N2O2/c1-3-6-15-18-14-10-5-9-13(17(20)21)16(14)19(15)11(2)12-7-4-8-12/h5,9-12H,3-4,6-8H2,1-2H3,(H,20,21). The quantitative estimate of drug-likeness (QED) is 0.902. The minimum absolute atomic E-state index is 0.325. The van der Waals surface area contributed by atoms with Gasteiger partial charge in [0.05, 0.1) is 16.6 Å². The van der Waals surface area contributed by atoms with E-state index in [0.29, 0.717) is 17.5 Å². The van der Waals surface area contributed by atoms with E-state index in [1.165, 1.54) is 19.3 Å². The first-order chi connectivity index (χ1) is 10.1. The molecule has 1 aromatic carbocycles. The average molecular weight is 286 g/mol. The van der Waals surface area contributed by atoms with Crippen molar-refractivity contribution >= 4 is 17.0 Å². The summed E-state index contributed by atoms with van der Waals surface area (Å²) in [7, 11) is 0. The highest BCUT2D eigenvalue weighted by Gasteiger charge is 2.29. The minimum Gasteiger partial charge on any atom is -0.478 e. The van der Waals surface area contributed by atoms with Gasteiger partial charge < -0.3 is 9.67 Å². The summed E-state index contributed by atoms with van der Waals surface area (Å²) in [6.45, 7) is 4.35. The monoisotopic (exact) mass is 286 g/mol. The molecule has 21 heavy (non-hydrogen) atoms. The van der Waals surface area contributed by atoms with Crippen LogP contribution in [0.25, 0.3) is 11.0 Å². The van der Waals surface area contributed by atoms with E-state index in [1.54, 1.807) is 12.1 Å². The molecule has 4 nitrogen and oxygen atoms in total. The smallest absolute Gasteiger partial charge is 0.337 e. The number of benzene rings is 1. The molecule has 1 atom stereocenters. The average Bonchev–Trinajstić information content (AvgIpc) is 2.74. The van der Waals surface area contributed by atoms with Gasteiger partial charge in [0, 0.05) is 12.5 Å². The van der Waals surface area contributed by atoms with Crippen molar-refractivity contribution in [3.8, 4) is 0 Å². The zero-order chi connectivity index (χ0) is 15.0. The lowest BCUT2D eigenvalue weighted by Crippen LogP contribution is -2.24. The van der Waals surface area contributed by atoms with Crippen LogP contribution in [0.2, 0.25) is 0 Å². The fourth-order valence-corrected chi connectivity index (χ4v) is 3.34. The number of para-hydroxylation sites is 1. The Morgan fingerprint density at radius 3 is 2.81 bits per heavy atom. The molecule has 2 aromatic rings. The van der Waals surface area contributed by atoms with Crippen molar-refractivity contribution in [2.24, 2.45) is 5.92 Å². The molecule has 0 bridgehead atoms. The molecule has 1 aliphatic rings. The molecule has 1 aliphatic carbocycles. The molecular formula is C17H22N2O2. The van der Waals surface area contributed by atoms with E-state index >= 15 is 0 Å². The third kappa shape index (κ3) is 2.33. The van der Waals surface area contributed by atoms with E-state index in [1.807, 2.05) is 6.07 Å². The number of aromatic nitrogens is 2. The first-order valence-corrected chi connectivity index (χ1v) is 7.86. The van der Waals surface area contributed by atoms with E-state index in [4.69, 9.17) is 4.98 Å². The Balaban J connectivity index is 2.21. The maximum absolute atomic E-state index is 11.6. The number of carboxylic acids is 1. The lowest BCUT2D eigenvalue weighted by Gasteiger charge is -2.33. The minimum atomic E-state index is -0.870. The molecule has 1 aromatic heterocycles. The van der Waals surface area contributed by atoms with Crippen molar-refractivity contribution in [2.45, 2.75) is 52.0 Å². The highest BCUT2D eigenvalue weighted by Crippen LogP contribution is 2.39. The van der Waals surface area contributed by atoms with Gasteiger partial charge >= 0.3 is 5.97 Å². The lowest BCUT2D eigenvalue weighted by molar-refractivity contribution is 0.0698. The summed E-state index contributed by atoms with van der Waals surface area (Å²) in [5.41, 5.74) is 1.98. The van der Waals surface area contributed by atoms with Crippen molar-refractivity contribution in [2.75, 3.05) is 0 Å². The molecular weight excluding hydrogens is 264 g/mol. The molecule has 0 spiro atoms. The second-order valence-corrected chi connectivity index (χ2v) is 6.06. The van der Waals surface area contributed by atoms with Crippen LogP contribution in [0.4, 0.5) is 0 Å². The molecule has 1 N–H and O–H groups in total. The van der Waals surface area contributed by atoms with Crippen LogP contribution in [0.5, 0.6) is 0 Å². The van der Waals surface area contributed by atoms with E-state index in [-0.39, 0.29) is 0 Å². The Kier molecular flexibility index (Phi) is 3.70. The molecule has 0 amide bonds. The third-order valence-corrected chi connectivity index (χ3v) is 4.73. The highest BCUT2D eigenvalue weighted by atomic mass is 16.4. The van der Waals surface area contributed by atoms with Crippen molar-refractivity contribution in [3.63, 3.8) is 0 Å². The van der Waals surface area contributed by atoms with Gasteiger partial charge in [-0.15, -0.1) is 0 Å². The van der Waals surface area contributed by atoms with Crippen molar-refractivity contribution in [1.29, 1.82) is 0 Å². The van der Waals surface area contributed by atoms with Crippen LogP contribution >= 0.6 is 0 Å². The Hall–Kier alpha value is -1.84. The highest BCUT2D eigenvalue weighted by molar-refractivity contribution is 6.01. The van der Waals surface area contributed by atoms with Crippen LogP contribution in [0.3, 0.4) is 0 Å². The largest absolute Gasteiger partial charge is 0.478 e. The van der Waals surface area contributed by atoms with Gasteiger partial charge in [-0.05, 0) is 44.2 Å². The number of nitrogens with zero attached hydrogens (tertiary/aromatic N) is 2. The Morgan fingerprint density at radius 2 is 2.24 bits per heavy atom. The topological polar surface area (TPSA) is 55.1 Å². The maximum atomic E-state index is 11.6. The number of fused-ring (bicyclic) bond motifs is 1. The molecule has 1 heterocycles. The first kappa shape index (κ1) is 14.1. The van der Waals surface area contributed by atoms with Crippen LogP contribution in [0, 0.1) is 5.92 Å². The molecule has 4 heteroatoms. The number of carbonyl (C=O) groups is 1. The van der Waals surface area contributed by atoms with Gasteiger partial charge in [-0.3, -0.25) is 0 Å². The van der Waals surface area contributed by atoms with E-state index < -0.39 is 5.97 Å². The first-order valence-electron chi connectivity index (χ1n) is 7.86. The number of imidazole rings is 1. The molecule has 0 radical (unpaired) electrons. The Bertz CT molecular complexity index is 671. The van der Waals surface area contributed by atoms with Gasteiger partial charge in [0.15, 0.2) is 0 Å². The molecule has 0 saturated heterocycles. The second kappa shape index (κ2) is 5.51. The summed E-state index contributed by atoms with van der Waals surface area (Å²) in [6.07, 6.45) is 5.67. The summed E-state index contributed by atoms with van der Waals surface area (Å²) in [4.78, 5) is 16.3. The summed E-state index contributed by atoms with van der Waals surface area (Å²) < 4.78 is 2.20. The van der Waals surface area contributed by atoms with Crippen molar-refractivity contribution < 1.29 is 9.90 Å². The lowest BCUT2D eigenvalue weighted by atomic mass is 9.80. The molecule has 1 unspecified atom stereocenters. The fraction of sp³-hybridized carbons (Fsp3) is 0.529. The zero-order valence-electron chi connectivity index (χ0n) is 12.7. The summed E-state index contributed by atoms with van der Waals surface area (Å²) >= 11 is 0. The maximum Gasteiger partial charge on any atom is 0.337 e. The van der Waals surface area contributed by atoms with Crippen LogP contribution in [-0.4, -0.2) is 20.6 Å². The number of aromatic carboxylic acids is 1. The number of hydrogen-bond donors (Lipinski definition) is 1. The van der Waals surface area contributed by atoms with Gasteiger partial charge in [-0.25, -0.2) is 9.78 Å². The SMILES string of the molecule is CCCc1nc2cccc(C(=O)O)c2n1C(C)C1CCC1.